The molecule has 1 unspecified atom stereocenters. The predicted molar refractivity (Wildman–Crippen MR) is 101 cm³/mol. The third-order valence-electron chi connectivity index (χ3n) is 4.06. The Morgan fingerprint density at radius 2 is 1.89 bits per heavy atom. The van der Waals surface area contributed by atoms with Crippen LogP contribution in [-0.4, -0.2) is 24.5 Å². The monoisotopic (exact) mass is 405 g/mol. The van der Waals surface area contributed by atoms with E-state index in [4.69, 9.17) is 12.6 Å². The van der Waals surface area contributed by atoms with E-state index < -0.39 is 17.6 Å². The molecule has 4 nitrogen and oxygen atoms in total. The minimum absolute atomic E-state index is 0.0148. The fourth-order valence-electron chi connectivity index (χ4n) is 2.59. The van der Waals surface area contributed by atoms with Gasteiger partial charge in [0.05, 0.1) is 24.9 Å². The van der Waals surface area contributed by atoms with Crippen LogP contribution in [0.15, 0.2) is 53.3 Å². The van der Waals surface area contributed by atoms with Crippen LogP contribution in [-0.2, 0) is 12.6 Å². The summed E-state index contributed by atoms with van der Waals surface area (Å²) in [6.45, 7) is 0.0148. The Labute approximate surface area is 164 Å². The number of H-pyrrole nitrogens is 1. The van der Waals surface area contributed by atoms with Crippen molar-refractivity contribution < 1.29 is 23.0 Å². The number of benzene rings is 2. The van der Waals surface area contributed by atoms with Gasteiger partial charge in [0.25, 0.3) is 0 Å². The van der Waals surface area contributed by atoms with Crippen LogP contribution in [0.1, 0.15) is 27.4 Å². The third kappa shape index (κ3) is 4.98. The Hall–Kier alpha value is -2.68. The summed E-state index contributed by atoms with van der Waals surface area (Å²) >= 11 is 0.939. The highest BCUT2D eigenvalue weighted by atomic mass is 32.1. The molecule has 0 saturated carbocycles. The van der Waals surface area contributed by atoms with E-state index in [1.807, 2.05) is 0 Å². The number of alkyl halides is 3. The lowest BCUT2D eigenvalue weighted by Gasteiger charge is -2.16. The Morgan fingerprint density at radius 3 is 2.50 bits per heavy atom. The first kappa shape index (κ1) is 20.1. The zero-order chi connectivity index (χ0) is 20.3. The van der Waals surface area contributed by atoms with Crippen molar-refractivity contribution in [1.29, 1.82) is 0 Å². The molecule has 0 saturated heterocycles. The molecule has 3 rings (SSSR count). The first-order valence-electron chi connectivity index (χ1n) is 8.28. The standard InChI is InChI=1S/C19H15BF3NO3S/c20-15(12-2-1-3-13(9-12)19(21,22)23)10-27-14-6-4-11(5-7-14)8-16-17(25)24-18(26)28-16/h1-7,9,15,25H,8,10H2,(H,24,26). The summed E-state index contributed by atoms with van der Waals surface area (Å²) in [5, 5.41) is 9.62. The summed E-state index contributed by atoms with van der Waals surface area (Å²) in [4.78, 5) is 13.7. The van der Waals surface area contributed by atoms with Gasteiger partial charge in [-0.25, -0.2) is 0 Å². The highest BCUT2D eigenvalue weighted by molar-refractivity contribution is 7.09. The van der Waals surface area contributed by atoms with Gasteiger partial charge in [0, 0.05) is 6.42 Å². The highest BCUT2D eigenvalue weighted by Crippen LogP contribution is 2.31. The lowest BCUT2D eigenvalue weighted by atomic mass is 9.81. The van der Waals surface area contributed by atoms with Crippen LogP contribution in [0, 0.1) is 0 Å². The molecule has 28 heavy (non-hydrogen) atoms. The predicted octanol–water partition coefficient (Wildman–Crippen LogP) is 4.04. The lowest BCUT2D eigenvalue weighted by molar-refractivity contribution is -0.137. The maximum Gasteiger partial charge on any atom is 0.416 e. The molecule has 1 aromatic heterocycles. The molecule has 1 atom stereocenters. The van der Waals surface area contributed by atoms with Crippen LogP contribution in [0.5, 0.6) is 11.6 Å². The number of hydrogen-bond acceptors (Lipinski definition) is 4. The number of aromatic amines is 1. The van der Waals surface area contributed by atoms with E-state index in [9.17, 15) is 23.1 Å². The molecule has 0 amide bonds. The van der Waals surface area contributed by atoms with Gasteiger partial charge in [0.1, 0.15) is 5.75 Å². The van der Waals surface area contributed by atoms with Gasteiger partial charge in [-0.15, -0.1) is 0 Å². The van der Waals surface area contributed by atoms with Gasteiger partial charge < -0.3 is 9.84 Å². The van der Waals surface area contributed by atoms with Gasteiger partial charge in [-0.1, -0.05) is 41.7 Å². The third-order valence-corrected chi connectivity index (χ3v) is 4.93. The number of ether oxygens (including phenoxy) is 1. The second-order valence-electron chi connectivity index (χ2n) is 6.15. The maximum atomic E-state index is 12.8. The Kier molecular flexibility index (Phi) is 5.83. The van der Waals surface area contributed by atoms with Gasteiger partial charge in [-0.05, 0) is 35.1 Å². The van der Waals surface area contributed by atoms with Crippen LogP contribution < -0.4 is 9.61 Å². The second-order valence-corrected chi connectivity index (χ2v) is 7.22. The number of hydrogen-bond donors (Lipinski definition) is 2. The number of aromatic nitrogens is 1. The maximum absolute atomic E-state index is 12.8. The molecule has 0 aliphatic carbocycles. The van der Waals surface area contributed by atoms with Crippen LogP contribution in [0.4, 0.5) is 13.2 Å². The van der Waals surface area contributed by atoms with E-state index in [2.05, 4.69) is 4.98 Å². The van der Waals surface area contributed by atoms with Gasteiger partial charge in [0.15, 0.2) is 0 Å². The SMILES string of the molecule is [B]C(COc1ccc(Cc2sc(=O)[nH]c2O)cc1)c1cccc(C(F)(F)F)c1. The zero-order valence-corrected chi connectivity index (χ0v) is 15.3. The van der Waals surface area contributed by atoms with E-state index >= 15 is 0 Å². The molecule has 0 fully saturated rings. The van der Waals surface area contributed by atoms with E-state index in [-0.39, 0.29) is 17.4 Å². The Bertz CT molecular complexity index is 999. The molecular weight excluding hydrogens is 390 g/mol. The van der Waals surface area contributed by atoms with Crippen molar-refractivity contribution in [2.24, 2.45) is 0 Å². The molecule has 2 N–H and O–H groups in total. The van der Waals surface area contributed by atoms with E-state index in [1.165, 1.54) is 12.1 Å². The minimum atomic E-state index is -4.42. The molecule has 0 bridgehead atoms. The van der Waals surface area contributed by atoms with Gasteiger partial charge in [-0.3, -0.25) is 9.78 Å². The fourth-order valence-corrected chi connectivity index (χ4v) is 3.35. The number of halogens is 3. The van der Waals surface area contributed by atoms with Crippen LogP contribution >= 0.6 is 11.3 Å². The van der Waals surface area contributed by atoms with Gasteiger partial charge in [-0.2, -0.15) is 13.2 Å². The molecule has 3 aromatic rings. The van der Waals surface area contributed by atoms with Crippen molar-refractivity contribution in [2.45, 2.75) is 18.4 Å². The molecule has 2 radical (unpaired) electrons. The normalized spacial score (nSPS) is 12.7. The quantitative estimate of drug-likeness (QED) is 0.609. The molecule has 0 aliphatic rings. The van der Waals surface area contributed by atoms with Crippen molar-refractivity contribution in [2.75, 3.05) is 6.61 Å². The van der Waals surface area contributed by atoms with E-state index in [0.717, 1.165) is 29.0 Å². The van der Waals surface area contributed by atoms with Crippen molar-refractivity contribution in [1.82, 2.24) is 4.98 Å². The van der Waals surface area contributed by atoms with Crippen molar-refractivity contribution in [3.05, 3.63) is 79.8 Å². The molecule has 9 heteroatoms. The molecule has 1 heterocycles. The fraction of sp³-hybridized carbons (Fsp3) is 0.211. The van der Waals surface area contributed by atoms with Crippen LogP contribution in [0.2, 0.25) is 0 Å². The number of nitrogens with one attached hydrogen (secondary N) is 1. The summed E-state index contributed by atoms with van der Waals surface area (Å²) in [6, 6.07) is 11.8. The average molecular weight is 405 g/mol. The summed E-state index contributed by atoms with van der Waals surface area (Å²) in [5.74, 6) is -0.337. The smallest absolute Gasteiger partial charge is 0.416 e. The van der Waals surface area contributed by atoms with Crippen LogP contribution in [0.25, 0.3) is 0 Å². The molecule has 0 spiro atoms. The first-order valence-corrected chi connectivity index (χ1v) is 9.09. The summed E-state index contributed by atoms with van der Waals surface area (Å²) < 4.78 is 44.0. The highest BCUT2D eigenvalue weighted by Gasteiger charge is 2.30. The first-order chi connectivity index (χ1) is 13.2. The number of thiazole rings is 1. The zero-order valence-electron chi connectivity index (χ0n) is 14.5. The molecule has 144 valence electrons. The van der Waals surface area contributed by atoms with Crippen LogP contribution in [0.3, 0.4) is 0 Å². The van der Waals surface area contributed by atoms with E-state index in [1.54, 1.807) is 24.3 Å². The van der Waals surface area contributed by atoms with Gasteiger partial charge >= 0.3 is 11.0 Å². The Balaban J connectivity index is 1.60. The molecule has 2 aromatic carbocycles. The topological polar surface area (TPSA) is 62.3 Å². The van der Waals surface area contributed by atoms with Gasteiger partial charge in [0.2, 0.25) is 5.88 Å². The van der Waals surface area contributed by atoms with Crippen molar-refractivity contribution in [3.8, 4) is 11.6 Å². The number of rotatable bonds is 6. The molecule has 0 aliphatic heterocycles. The summed E-state index contributed by atoms with van der Waals surface area (Å²) in [6.07, 6.45) is -4.03. The minimum Gasteiger partial charge on any atom is -0.494 e. The number of aromatic hydroxyl groups is 1. The van der Waals surface area contributed by atoms with Crippen molar-refractivity contribution in [3.63, 3.8) is 0 Å². The second kappa shape index (κ2) is 8.14. The van der Waals surface area contributed by atoms with E-state index in [0.29, 0.717) is 22.6 Å². The molecular formula is C19H15BF3NO3S. The van der Waals surface area contributed by atoms with Crippen molar-refractivity contribution >= 4 is 19.2 Å². The summed E-state index contributed by atoms with van der Waals surface area (Å²) in [7, 11) is 5.95. The summed E-state index contributed by atoms with van der Waals surface area (Å²) in [5.41, 5.74) is 0.449. The average Bonchev–Trinajstić information content (AvgIpc) is 2.97. The largest absolute Gasteiger partial charge is 0.494 e. The lowest BCUT2D eigenvalue weighted by Crippen LogP contribution is -2.12. The Morgan fingerprint density at radius 1 is 1.18 bits per heavy atom.